The monoisotopic (exact) mass is 490 g/mol. The summed E-state index contributed by atoms with van der Waals surface area (Å²) in [4.78, 5) is 35.6. The Morgan fingerprint density at radius 1 is 1.38 bits per heavy atom. The van der Waals surface area contributed by atoms with Crippen LogP contribution in [0, 0.1) is 12.8 Å². The summed E-state index contributed by atoms with van der Waals surface area (Å²) in [5.41, 5.74) is -0.119. The molecule has 1 aliphatic rings. The lowest BCUT2D eigenvalue weighted by atomic mass is 9.97. The normalized spacial score (nSPS) is 14.9. The Morgan fingerprint density at radius 3 is 2.79 bits per heavy atom. The topological polar surface area (TPSA) is 152 Å². The van der Waals surface area contributed by atoms with Crippen LogP contribution in [0.2, 0.25) is 0 Å². The molecule has 1 aliphatic heterocycles. The molecule has 182 valence electrons. The molecule has 0 bridgehead atoms. The molecule has 1 unspecified atom stereocenters. The molecular formula is C21H26N6O6S. The van der Waals surface area contributed by atoms with E-state index in [4.69, 9.17) is 9.47 Å². The number of hydrogen-bond donors (Lipinski definition) is 3. The molecule has 1 fully saturated rings. The molecule has 4 rings (SSSR count). The zero-order chi connectivity index (χ0) is 24.4. The molecule has 3 aromatic rings. The van der Waals surface area contributed by atoms with Gasteiger partial charge in [-0.15, -0.1) is 4.37 Å². The smallest absolute Gasteiger partial charge is 0.341 e. The van der Waals surface area contributed by atoms with Gasteiger partial charge in [-0.25, -0.2) is 9.78 Å². The van der Waals surface area contributed by atoms with Gasteiger partial charge in [0, 0.05) is 49.9 Å². The van der Waals surface area contributed by atoms with Crippen LogP contribution in [0.3, 0.4) is 0 Å². The highest BCUT2D eigenvalue weighted by atomic mass is 32.1. The summed E-state index contributed by atoms with van der Waals surface area (Å²) < 4.78 is 15.8. The van der Waals surface area contributed by atoms with E-state index in [2.05, 4.69) is 19.7 Å². The number of pyridine rings is 2. The van der Waals surface area contributed by atoms with Crippen molar-refractivity contribution in [2.75, 3.05) is 44.9 Å². The van der Waals surface area contributed by atoms with E-state index in [1.54, 1.807) is 13.0 Å². The van der Waals surface area contributed by atoms with E-state index in [9.17, 15) is 19.8 Å². The van der Waals surface area contributed by atoms with Crippen molar-refractivity contribution in [2.45, 2.75) is 20.1 Å². The molecule has 12 nitrogen and oxygen atoms in total. The number of aliphatic hydroxyl groups excluding tert-OH is 1. The molecule has 3 aromatic heterocycles. The molecule has 0 aromatic carbocycles. The first kappa shape index (κ1) is 24.0. The minimum Gasteiger partial charge on any atom is -0.477 e. The Kier molecular flexibility index (Phi) is 7.07. The van der Waals surface area contributed by atoms with Crippen molar-refractivity contribution in [3.63, 3.8) is 0 Å². The number of hydrogen-bond acceptors (Lipinski definition) is 11. The largest absolute Gasteiger partial charge is 0.477 e. The summed E-state index contributed by atoms with van der Waals surface area (Å²) in [6, 6.07) is 1.89. The predicted octanol–water partition coefficient (Wildman–Crippen LogP) is 0.633. The van der Waals surface area contributed by atoms with Gasteiger partial charge in [0.1, 0.15) is 17.6 Å². The van der Waals surface area contributed by atoms with E-state index >= 15 is 0 Å². The minimum absolute atomic E-state index is 0.0171. The van der Waals surface area contributed by atoms with Crippen molar-refractivity contribution in [1.82, 2.24) is 24.2 Å². The Morgan fingerprint density at radius 2 is 2.15 bits per heavy atom. The number of rotatable bonds is 10. The number of carbonyl (C=O) groups is 1. The molecule has 0 radical (unpaired) electrons. The third-order valence-corrected chi connectivity index (χ3v) is 6.34. The van der Waals surface area contributed by atoms with Crippen molar-refractivity contribution in [3.05, 3.63) is 33.6 Å². The van der Waals surface area contributed by atoms with Crippen LogP contribution in [0.15, 0.2) is 17.1 Å². The van der Waals surface area contributed by atoms with Gasteiger partial charge in [-0.05, 0) is 25.5 Å². The molecule has 34 heavy (non-hydrogen) atoms. The second-order valence-electron chi connectivity index (χ2n) is 7.87. The SMILES string of the molecule is CCOCCNC(O)C1CN(c2cc(C)c3c(=O)c(C(=O)O)cn(-c4nc(OC)ns4)c3n2)C1. The molecule has 0 saturated carbocycles. The van der Waals surface area contributed by atoms with Crippen molar-refractivity contribution in [2.24, 2.45) is 5.92 Å². The first-order valence-electron chi connectivity index (χ1n) is 10.8. The van der Waals surface area contributed by atoms with Crippen LogP contribution in [0.25, 0.3) is 16.2 Å². The second-order valence-corrected chi connectivity index (χ2v) is 8.60. The maximum Gasteiger partial charge on any atom is 0.341 e. The van der Waals surface area contributed by atoms with Gasteiger partial charge in [0.15, 0.2) is 5.65 Å². The fourth-order valence-corrected chi connectivity index (χ4v) is 4.43. The first-order chi connectivity index (χ1) is 16.3. The van der Waals surface area contributed by atoms with Crippen LogP contribution in [0.5, 0.6) is 6.01 Å². The van der Waals surface area contributed by atoms with E-state index in [1.165, 1.54) is 17.9 Å². The average molecular weight is 491 g/mol. The van der Waals surface area contributed by atoms with Gasteiger partial charge >= 0.3 is 12.0 Å². The Labute approximate surface area is 198 Å². The zero-order valence-electron chi connectivity index (χ0n) is 19.0. The van der Waals surface area contributed by atoms with E-state index < -0.39 is 17.6 Å². The molecule has 1 saturated heterocycles. The van der Waals surface area contributed by atoms with Crippen LogP contribution in [-0.4, -0.2) is 81.3 Å². The van der Waals surface area contributed by atoms with Gasteiger partial charge < -0.3 is 24.6 Å². The lowest BCUT2D eigenvalue weighted by molar-refractivity contribution is 0.0487. The van der Waals surface area contributed by atoms with E-state index in [0.717, 1.165) is 11.5 Å². The molecule has 13 heteroatoms. The number of carboxylic acid groups (broad SMARTS) is 1. The number of aryl methyl sites for hydroxylation is 1. The van der Waals surface area contributed by atoms with Gasteiger partial charge in [0.05, 0.1) is 19.1 Å². The minimum atomic E-state index is -1.34. The van der Waals surface area contributed by atoms with E-state index in [-0.39, 0.29) is 28.5 Å². The summed E-state index contributed by atoms with van der Waals surface area (Å²) in [7, 11) is 1.43. The van der Waals surface area contributed by atoms with Crippen molar-refractivity contribution in [1.29, 1.82) is 0 Å². The number of aliphatic hydroxyl groups is 1. The fourth-order valence-electron chi connectivity index (χ4n) is 3.81. The molecule has 0 spiro atoms. The summed E-state index contributed by atoms with van der Waals surface area (Å²) >= 11 is 1.00. The number of methoxy groups -OCH3 is 1. The van der Waals surface area contributed by atoms with Crippen LogP contribution < -0.4 is 20.4 Å². The number of nitrogens with zero attached hydrogens (tertiary/aromatic N) is 5. The molecule has 4 heterocycles. The summed E-state index contributed by atoms with van der Waals surface area (Å²) in [6.45, 7) is 6.53. The summed E-state index contributed by atoms with van der Waals surface area (Å²) in [6.07, 6.45) is 0.553. The van der Waals surface area contributed by atoms with Gasteiger partial charge in [-0.3, -0.25) is 14.7 Å². The van der Waals surface area contributed by atoms with Crippen LogP contribution in [0.4, 0.5) is 5.82 Å². The highest BCUT2D eigenvalue weighted by Gasteiger charge is 2.34. The zero-order valence-corrected chi connectivity index (χ0v) is 19.8. The number of anilines is 1. The number of carboxylic acids is 1. The molecule has 3 N–H and O–H groups in total. The Balaban J connectivity index is 1.66. The van der Waals surface area contributed by atoms with Crippen molar-refractivity contribution < 1.29 is 24.5 Å². The van der Waals surface area contributed by atoms with Crippen molar-refractivity contribution in [3.8, 4) is 11.1 Å². The second kappa shape index (κ2) is 10.0. The molecule has 0 aliphatic carbocycles. The summed E-state index contributed by atoms with van der Waals surface area (Å²) in [5, 5.41) is 23.5. The van der Waals surface area contributed by atoms with Gasteiger partial charge in [0.25, 0.3) is 0 Å². The lowest BCUT2D eigenvalue weighted by Gasteiger charge is -2.42. The highest BCUT2D eigenvalue weighted by Crippen LogP contribution is 2.29. The van der Waals surface area contributed by atoms with Gasteiger partial charge in [0.2, 0.25) is 10.6 Å². The van der Waals surface area contributed by atoms with Gasteiger partial charge in [-0.1, -0.05) is 0 Å². The van der Waals surface area contributed by atoms with E-state index in [0.29, 0.717) is 49.4 Å². The van der Waals surface area contributed by atoms with E-state index in [1.807, 2.05) is 11.8 Å². The highest BCUT2D eigenvalue weighted by molar-refractivity contribution is 7.08. The van der Waals surface area contributed by atoms with Crippen LogP contribution >= 0.6 is 11.5 Å². The standard InChI is InChI=1S/C21H26N6O6S/c1-4-33-6-5-22-18(29)12-8-26(9-12)14-7-11(2)15-16(28)13(19(30)31)10-27(17(15)23-14)21-24-20(32-3)25-34-21/h7,10,12,18,22,29H,4-6,8-9H2,1-3H3,(H,30,31). The Hall–Kier alpha value is -3.13. The Bertz CT molecular complexity index is 1250. The average Bonchev–Trinajstić information content (AvgIpc) is 3.24. The number of ether oxygens (including phenoxy) is 2. The third kappa shape index (κ3) is 4.59. The van der Waals surface area contributed by atoms with Crippen LogP contribution in [0.1, 0.15) is 22.8 Å². The predicted molar refractivity (Wildman–Crippen MR) is 125 cm³/mol. The quantitative estimate of drug-likeness (QED) is 0.271. The summed E-state index contributed by atoms with van der Waals surface area (Å²) in [5.74, 6) is -0.698. The first-order valence-corrected chi connectivity index (χ1v) is 11.5. The fraction of sp³-hybridized carbons (Fsp3) is 0.476. The molecule has 1 atom stereocenters. The van der Waals surface area contributed by atoms with Crippen LogP contribution in [-0.2, 0) is 4.74 Å². The number of nitrogens with one attached hydrogen (secondary N) is 1. The van der Waals surface area contributed by atoms with Crippen molar-refractivity contribution >= 4 is 34.4 Å². The maximum absolute atomic E-state index is 12.9. The molecule has 0 amide bonds. The number of aromatic carboxylic acids is 1. The third-order valence-electron chi connectivity index (χ3n) is 5.64. The number of aromatic nitrogens is 4. The van der Waals surface area contributed by atoms with Gasteiger partial charge in [-0.2, -0.15) is 4.98 Å². The molecular weight excluding hydrogens is 464 g/mol. The maximum atomic E-state index is 12.9. The lowest BCUT2D eigenvalue weighted by Crippen LogP contribution is -2.56. The number of fused-ring (bicyclic) bond motifs is 1.